The zero-order valence-electron chi connectivity index (χ0n) is 11.4. The minimum Gasteiger partial charge on any atom is -0.383 e. The first-order chi connectivity index (χ1) is 8.65. The Hall–Kier alpha value is -1.20. The molecule has 1 unspecified atom stereocenters. The van der Waals surface area contributed by atoms with Gasteiger partial charge in [0.25, 0.3) is 0 Å². The van der Waals surface area contributed by atoms with Crippen LogP contribution in [-0.2, 0) is 4.74 Å². The normalized spacial score (nSPS) is 23.3. The molecule has 1 atom stereocenters. The molecule has 100 valence electrons. The molecule has 0 bridgehead atoms. The zero-order chi connectivity index (χ0) is 13.0. The summed E-state index contributed by atoms with van der Waals surface area (Å²) in [6.07, 6.45) is 4.12. The highest BCUT2D eigenvalue weighted by atomic mass is 16.5. The van der Waals surface area contributed by atoms with Crippen LogP contribution >= 0.6 is 0 Å². The summed E-state index contributed by atoms with van der Waals surface area (Å²) in [7, 11) is 1.75. The van der Waals surface area contributed by atoms with Crippen molar-refractivity contribution in [3.8, 4) is 0 Å². The van der Waals surface area contributed by atoms with Gasteiger partial charge >= 0.3 is 0 Å². The number of methoxy groups -OCH3 is 1. The van der Waals surface area contributed by atoms with E-state index in [2.05, 4.69) is 20.6 Å². The van der Waals surface area contributed by atoms with Crippen molar-refractivity contribution in [3.05, 3.63) is 17.6 Å². The van der Waals surface area contributed by atoms with Crippen LogP contribution in [0.3, 0.4) is 0 Å². The maximum absolute atomic E-state index is 5.33. The number of hydrogen-bond donors (Lipinski definition) is 2. The molecule has 1 aromatic rings. The molecule has 0 radical (unpaired) electrons. The number of nitrogens with one attached hydrogen (secondary N) is 2. The van der Waals surface area contributed by atoms with E-state index in [1.54, 1.807) is 13.3 Å². The molecule has 1 fully saturated rings. The summed E-state index contributed by atoms with van der Waals surface area (Å²) >= 11 is 0. The van der Waals surface area contributed by atoms with Gasteiger partial charge in [-0.15, -0.1) is 0 Å². The molecule has 0 saturated carbocycles. The van der Waals surface area contributed by atoms with E-state index in [0.717, 1.165) is 43.3 Å². The smallest absolute Gasteiger partial charge is 0.147 e. The molecule has 2 rings (SSSR count). The van der Waals surface area contributed by atoms with Crippen LogP contribution in [0.5, 0.6) is 0 Å². The van der Waals surface area contributed by atoms with E-state index in [1.165, 1.54) is 6.42 Å². The van der Waals surface area contributed by atoms with Crippen molar-refractivity contribution < 1.29 is 4.74 Å². The second kappa shape index (κ2) is 5.63. The zero-order valence-corrected chi connectivity index (χ0v) is 11.4. The average Bonchev–Trinajstić information content (AvgIpc) is 2.80. The van der Waals surface area contributed by atoms with E-state index in [0.29, 0.717) is 0 Å². The third-order valence-corrected chi connectivity index (χ3v) is 3.42. The summed E-state index contributed by atoms with van der Waals surface area (Å²) in [4.78, 5) is 8.80. The number of aromatic nitrogens is 2. The topological polar surface area (TPSA) is 59.1 Å². The fourth-order valence-electron chi connectivity index (χ4n) is 2.43. The lowest BCUT2D eigenvalue weighted by molar-refractivity contribution is 0.127. The summed E-state index contributed by atoms with van der Waals surface area (Å²) in [5.74, 6) is 0.874. The second-order valence-corrected chi connectivity index (χ2v) is 5.04. The first-order valence-electron chi connectivity index (χ1n) is 6.43. The van der Waals surface area contributed by atoms with Gasteiger partial charge in [-0.1, -0.05) is 0 Å². The molecular weight excluding hydrogens is 228 g/mol. The van der Waals surface area contributed by atoms with Gasteiger partial charge in [-0.25, -0.2) is 4.98 Å². The summed E-state index contributed by atoms with van der Waals surface area (Å²) in [6, 6.07) is 0. The van der Waals surface area contributed by atoms with Crippen LogP contribution in [0.15, 0.2) is 6.20 Å². The number of anilines is 1. The van der Waals surface area contributed by atoms with Gasteiger partial charge in [-0.3, -0.25) is 4.98 Å². The predicted molar refractivity (Wildman–Crippen MR) is 71.8 cm³/mol. The van der Waals surface area contributed by atoms with E-state index in [4.69, 9.17) is 4.74 Å². The number of aryl methyl sites for hydroxylation is 2. The van der Waals surface area contributed by atoms with Crippen molar-refractivity contribution in [2.45, 2.75) is 32.2 Å². The van der Waals surface area contributed by atoms with Gasteiger partial charge in [0.1, 0.15) is 5.82 Å². The average molecular weight is 250 g/mol. The largest absolute Gasteiger partial charge is 0.383 e. The summed E-state index contributed by atoms with van der Waals surface area (Å²) in [6.45, 7) is 6.53. The minimum atomic E-state index is 0.0343. The second-order valence-electron chi connectivity index (χ2n) is 5.04. The maximum atomic E-state index is 5.33. The Balaban J connectivity index is 2.03. The van der Waals surface area contributed by atoms with Crippen molar-refractivity contribution in [2.75, 3.05) is 32.1 Å². The third kappa shape index (κ3) is 2.97. The van der Waals surface area contributed by atoms with Crippen molar-refractivity contribution in [1.29, 1.82) is 0 Å². The molecule has 18 heavy (non-hydrogen) atoms. The van der Waals surface area contributed by atoms with E-state index < -0.39 is 0 Å². The number of nitrogens with zero attached hydrogens (tertiary/aromatic N) is 2. The number of rotatable bonds is 5. The maximum Gasteiger partial charge on any atom is 0.147 e. The molecule has 0 spiro atoms. The molecule has 0 aromatic carbocycles. The monoisotopic (exact) mass is 250 g/mol. The van der Waals surface area contributed by atoms with Crippen LogP contribution in [0.4, 0.5) is 5.82 Å². The Morgan fingerprint density at radius 1 is 1.50 bits per heavy atom. The van der Waals surface area contributed by atoms with E-state index in [9.17, 15) is 0 Å². The molecule has 1 saturated heterocycles. The van der Waals surface area contributed by atoms with Crippen LogP contribution in [-0.4, -0.2) is 42.3 Å². The Bertz CT molecular complexity index is 402. The third-order valence-electron chi connectivity index (χ3n) is 3.42. The van der Waals surface area contributed by atoms with Gasteiger partial charge in [0, 0.05) is 19.9 Å². The Morgan fingerprint density at radius 2 is 2.33 bits per heavy atom. The van der Waals surface area contributed by atoms with Crippen molar-refractivity contribution in [2.24, 2.45) is 0 Å². The lowest BCUT2D eigenvalue weighted by atomic mass is 9.98. The standard InChI is InChI=1S/C13H22N4O/c1-10-7-14-11(2)12(17-10)15-8-13(9-18-3)5-4-6-16-13/h7,16H,4-6,8-9H2,1-3H3,(H,15,17). The van der Waals surface area contributed by atoms with E-state index in [-0.39, 0.29) is 5.54 Å². The molecular formula is C13H22N4O. The lowest BCUT2D eigenvalue weighted by Gasteiger charge is -2.29. The molecule has 5 nitrogen and oxygen atoms in total. The van der Waals surface area contributed by atoms with Gasteiger partial charge in [0.2, 0.25) is 0 Å². The lowest BCUT2D eigenvalue weighted by Crippen LogP contribution is -2.49. The van der Waals surface area contributed by atoms with E-state index >= 15 is 0 Å². The quantitative estimate of drug-likeness (QED) is 0.824. The van der Waals surface area contributed by atoms with Crippen molar-refractivity contribution in [1.82, 2.24) is 15.3 Å². The van der Waals surface area contributed by atoms with Gasteiger partial charge in [0.05, 0.1) is 23.5 Å². The molecule has 2 heterocycles. The molecule has 1 aromatic heterocycles. The highest BCUT2D eigenvalue weighted by Gasteiger charge is 2.33. The Labute approximate surface area is 108 Å². The Kier molecular flexibility index (Phi) is 4.14. The predicted octanol–water partition coefficient (Wildman–Crippen LogP) is 1.27. The highest BCUT2D eigenvalue weighted by Crippen LogP contribution is 2.21. The summed E-state index contributed by atoms with van der Waals surface area (Å²) in [5, 5.41) is 6.94. The van der Waals surface area contributed by atoms with Gasteiger partial charge in [-0.05, 0) is 33.2 Å². The Morgan fingerprint density at radius 3 is 3.00 bits per heavy atom. The van der Waals surface area contributed by atoms with Gasteiger partial charge in [-0.2, -0.15) is 0 Å². The molecule has 1 aliphatic heterocycles. The van der Waals surface area contributed by atoms with Crippen LogP contribution < -0.4 is 10.6 Å². The van der Waals surface area contributed by atoms with Crippen LogP contribution in [0.1, 0.15) is 24.2 Å². The fourth-order valence-corrected chi connectivity index (χ4v) is 2.43. The molecule has 1 aliphatic rings. The summed E-state index contributed by atoms with van der Waals surface area (Å²) in [5.41, 5.74) is 1.90. The van der Waals surface area contributed by atoms with Gasteiger partial charge < -0.3 is 15.4 Å². The van der Waals surface area contributed by atoms with Crippen molar-refractivity contribution in [3.63, 3.8) is 0 Å². The van der Waals surface area contributed by atoms with Gasteiger partial charge in [0.15, 0.2) is 0 Å². The highest BCUT2D eigenvalue weighted by molar-refractivity contribution is 5.40. The molecule has 5 heteroatoms. The first-order valence-corrected chi connectivity index (χ1v) is 6.43. The first kappa shape index (κ1) is 13.2. The van der Waals surface area contributed by atoms with Crippen LogP contribution in [0.2, 0.25) is 0 Å². The summed E-state index contributed by atoms with van der Waals surface area (Å²) < 4.78 is 5.33. The van der Waals surface area contributed by atoms with Crippen LogP contribution in [0, 0.1) is 13.8 Å². The molecule has 0 aliphatic carbocycles. The number of ether oxygens (including phenoxy) is 1. The van der Waals surface area contributed by atoms with Crippen molar-refractivity contribution >= 4 is 5.82 Å². The number of hydrogen-bond acceptors (Lipinski definition) is 5. The SMILES string of the molecule is COCC1(CNc2nc(C)cnc2C)CCCN1. The van der Waals surface area contributed by atoms with E-state index in [1.807, 2.05) is 13.8 Å². The molecule has 0 amide bonds. The molecule has 2 N–H and O–H groups in total. The fraction of sp³-hybridized carbons (Fsp3) is 0.692. The minimum absolute atomic E-state index is 0.0343. The van der Waals surface area contributed by atoms with Crippen LogP contribution in [0.25, 0.3) is 0 Å².